The topological polar surface area (TPSA) is 46.3 Å². The summed E-state index contributed by atoms with van der Waals surface area (Å²) in [7, 11) is 1.79. The third-order valence-corrected chi connectivity index (χ3v) is 2.81. The molecular weight excluding hydrogens is 176 g/mol. The Morgan fingerprint density at radius 3 is 2.36 bits per heavy atom. The highest BCUT2D eigenvalue weighted by Gasteiger charge is 2.42. The Hall–Kier alpha value is -1.35. The average Bonchev–Trinajstić information content (AvgIpc) is 2.21. The minimum absolute atomic E-state index is 0.0237. The average molecular weight is 190 g/mol. The SMILES string of the molecule is Cc1ccc([C@@H]2[C@@H](N)C(=O)N2C)cc1. The minimum Gasteiger partial charge on any atom is -0.335 e. The number of rotatable bonds is 1. The zero-order valence-electron chi connectivity index (χ0n) is 8.40. The lowest BCUT2D eigenvalue weighted by Gasteiger charge is -2.43. The minimum atomic E-state index is -0.359. The molecule has 2 rings (SSSR count). The van der Waals surface area contributed by atoms with Crippen LogP contribution in [0.5, 0.6) is 0 Å². The van der Waals surface area contributed by atoms with Gasteiger partial charge in [-0.3, -0.25) is 4.79 Å². The monoisotopic (exact) mass is 190 g/mol. The molecule has 0 spiro atoms. The lowest BCUT2D eigenvalue weighted by atomic mass is 9.90. The van der Waals surface area contributed by atoms with Crippen LogP contribution in [0.2, 0.25) is 0 Å². The van der Waals surface area contributed by atoms with Crippen LogP contribution < -0.4 is 5.73 Å². The first kappa shape index (κ1) is 9.21. The van der Waals surface area contributed by atoms with Crippen LogP contribution in [0.3, 0.4) is 0 Å². The molecule has 1 amide bonds. The Kier molecular flexibility index (Phi) is 2.04. The maximum absolute atomic E-state index is 11.2. The number of carbonyl (C=O) groups excluding carboxylic acids is 1. The normalized spacial score (nSPS) is 26.2. The summed E-state index contributed by atoms with van der Waals surface area (Å²) in [5.41, 5.74) is 8.07. The first-order chi connectivity index (χ1) is 6.61. The van der Waals surface area contributed by atoms with Crippen LogP contribution in [0.4, 0.5) is 0 Å². The second-order valence-corrected chi connectivity index (χ2v) is 3.83. The molecule has 1 aliphatic rings. The number of nitrogens with zero attached hydrogens (tertiary/aromatic N) is 1. The molecule has 1 saturated heterocycles. The van der Waals surface area contributed by atoms with Gasteiger partial charge in [0.05, 0.1) is 6.04 Å². The molecule has 74 valence electrons. The standard InChI is InChI=1S/C11H14N2O/c1-7-3-5-8(6-4-7)10-9(12)11(14)13(10)2/h3-6,9-10H,12H2,1-2H3/t9-,10-/m1/s1. The Bertz CT molecular complexity index is 346. The van der Waals surface area contributed by atoms with Crippen molar-refractivity contribution in [1.82, 2.24) is 4.90 Å². The van der Waals surface area contributed by atoms with Gasteiger partial charge in [0.15, 0.2) is 0 Å². The molecule has 1 heterocycles. The molecule has 1 fully saturated rings. The Balaban J connectivity index is 2.24. The zero-order valence-corrected chi connectivity index (χ0v) is 8.40. The van der Waals surface area contributed by atoms with Crippen molar-refractivity contribution in [3.63, 3.8) is 0 Å². The highest BCUT2D eigenvalue weighted by atomic mass is 16.2. The van der Waals surface area contributed by atoms with E-state index < -0.39 is 0 Å². The summed E-state index contributed by atoms with van der Waals surface area (Å²) in [5, 5.41) is 0. The first-order valence-corrected chi connectivity index (χ1v) is 4.70. The number of benzene rings is 1. The maximum atomic E-state index is 11.2. The van der Waals surface area contributed by atoms with Gasteiger partial charge in [-0.15, -0.1) is 0 Å². The van der Waals surface area contributed by atoms with Crippen molar-refractivity contribution >= 4 is 5.91 Å². The van der Waals surface area contributed by atoms with E-state index in [0.29, 0.717) is 0 Å². The van der Waals surface area contributed by atoms with Crippen molar-refractivity contribution in [1.29, 1.82) is 0 Å². The highest BCUT2D eigenvalue weighted by molar-refractivity contribution is 5.89. The summed E-state index contributed by atoms with van der Waals surface area (Å²) in [6.45, 7) is 2.04. The van der Waals surface area contributed by atoms with Crippen LogP contribution in [0.15, 0.2) is 24.3 Å². The highest BCUT2D eigenvalue weighted by Crippen LogP contribution is 2.31. The lowest BCUT2D eigenvalue weighted by Crippen LogP contribution is -2.61. The van der Waals surface area contributed by atoms with E-state index in [1.165, 1.54) is 5.56 Å². The van der Waals surface area contributed by atoms with Crippen LogP contribution >= 0.6 is 0 Å². The molecule has 2 N–H and O–H groups in total. The molecule has 0 radical (unpaired) electrons. The predicted octanol–water partition coefficient (Wildman–Crippen LogP) is 0.835. The summed E-state index contributed by atoms with van der Waals surface area (Å²) >= 11 is 0. The third kappa shape index (κ3) is 1.21. The van der Waals surface area contributed by atoms with Crippen molar-refractivity contribution in [3.05, 3.63) is 35.4 Å². The maximum Gasteiger partial charge on any atom is 0.242 e. The summed E-state index contributed by atoms with van der Waals surface area (Å²) in [6.07, 6.45) is 0. The smallest absolute Gasteiger partial charge is 0.242 e. The number of nitrogens with two attached hydrogens (primary N) is 1. The summed E-state index contributed by atoms with van der Waals surface area (Å²) in [4.78, 5) is 12.9. The van der Waals surface area contributed by atoms with E-state index in [1.807, 2.05) is 31.2 Å². The van der Waals surface area contributed by atoms with Gasteiger partial charge in [-0.25, -0.2) is 0 Å². The molecule has 0 saturated carbocycles. The van der Waals surface area contributed by atoms with E-state index >= 15 is 0 Å². The van der Waals surface area contributed by atoms with Crippen LogP contribution in [0.25, 0.3) is 0 Å². The fourth-order valence-electron chi connectivity index (χ4n) is 1.86. The number of likely N-dealkylation sites (tertiary alicyclic amines) is 1. The zero-order chi connectivity index (χ0) is 10.3. The van der Waals surface area contributed by atoms with Gasteiger partial charge in [0, 0.05) is 7.05 Å². The van der Waals surface area contributed by atoms with Crippen molar-refractivity contribution in [2.75, 3.05) is 7.05 Å². The Morgan fingerprint density at radius 2 is 1.86 bits per heavy atom. The van der Waals surface area contributed by atoms with Crippen molar-refractivity contribution in [2.24, 2.45) is 5.73 Å². The summed E-state index contributed by atoms with van der Waals surface area (Å²) in [5.74, 6) is 0.0237. The van der Waals surface area contributed by atoms with Crippen LogP contribution in [-0.2, 0) is 4.79 Å². The lowest BCUT2D eigenvalue weighted by molar-refractivity contribution is -0.146. The Labute approximate surface area is 83.5 Å². The molecule has 0 unspecified atom stereocenters. The molecule has 1 aromatic rings. The Morgan fingerprint density at radius 1 is 1.29 bits per heavy atom. The molecule has 3 nitrogen and oxygen atoms in total. The van der Waals surface area contributed by atoms with E-state index in [1.54, 1.807) is 11.9 Å². The van der Waals surface area contributed by atoms with E-state index in [2.05, 4.69) is 0 Å². The quantitative estimate of drug-likeness (QED) is 0.667. The van der Waals surface area contributed by atoms with E-state index in [-0.39, 0.29) is 18.0 Å². The molecule has 0 aromatic heterocycles. The second-order valence-electron chi connectivity index (χ2n) is 3.83. The van der Waals surface area contributed by atoms with Gasteiger partial charge >= 0.3 is 0 Å². The van der Waals surface area contributed by atoms with Crippen LogP contribution in [0.1, 0.15) is 17.2 Å². The summed E-state index contributed by atoms with van der Waals surface area (Å²) in [6, 6.07) is 7.84. The molecular formula is C11H14N2O. The van der Waals surface area contributed by atoms with Crippen molar-refractivity contribution < 1.29 is 4.79 Å². The number of amides is 1. The number of aryl methyl sites for hydroxylation is 1. The number of hydrogen-bond donors (Lipinski definition) is 1. The van der Waals surface area contributed by atoms with E-state index in [9.17, 15) is 4.79 Å². The van der Waals surface area contributed by atoms with Crippen molar-refractivity contribution in [3.8, 4) is 0 Å². The molecule has 3 heteroatoms. The number of hydrogen-bond acceptors (Lipinski definition) is 2. The fourth-order valence-corrected chi connectivity index (χ4v) is 1.86. The second kappa shape index (κ2) is 3.10. The van der Waals surface area contributed by atoms with Crippen LogP contribution in [0, 0.1) is 6.92 Å². The number of carbonyl (C=O) groups is 1. The molecule has 0 aliphatic carbocycles. The van der Waals surface area contributed by atoms with Crippen LogP contribution in [-0.4, -0.2) is 23.9 Å². The van der Waals surface area contributed by atoms with E-state index in [0.717, 1.165) is 5.56 Å². The van der Waals surface area contributed by atoms with E-state index in [4.69, 9.17) is 5.73 Å². The largest absolute Gasteiger partial charge is 0.335 e. The van der Waals surface area contributed by atoms with Gasteiger partial charge in [-0.2, -0.15) is 0 Å². The third-order valence-electron chi connectivity index (χ3n) is 2.81. The fraction of sp³-hybridized carbons (Fsp3) is 0.364. The molecule has 1 aliphatic heterocycles. The van der Waals surface area contributed by atoms with Gasteiger partial charge in [-0.1, -0.05) is 29.8 Å². The molecule has 0 bridgehead atoms. The van der Waals surface area contributed by atoms with Gasteiger partial charge in [0.2, 0.25) is 5.91 Å². The molecule has 14 heavy (non-hydrogen) atoms. The molecule has 1 aromatic carbocycles. The predicted molar refractivity (Wildman–Crippen MR) is 54.7 cm³/mol. The number of likely N-dealkylation sites (N-methyl/N-ethyl adjacent to an activating group) is 1. The van der Waals surface area contributed by atoms with Gasteiger partial charge in [0.1, 0.15) is 6.04 Å². The van der Waals surface area contributed by atoms with Gasteiger partial charge < -0.3 is 10.6 Å². The number of β-lactam (4-membered cyclic amide) rings is 1. The molecule has 2 atom stereocenters. The van der Waals surface area contributed by atoms with Gasteiger partial charge in [0.25, 0.3) is 0 Å². The van der Waals surface area contributed by atoms with Crippen molar-refractivity contribution in [2.45, 2.75) is 19.0 Å². The summed E-state index contributed by atoms with van der Waals surface area (Å²) < 4.78 is 0. The first-order valence-electron chi connectivity index (χ1n) is 4.70. The van der Waals surface area contributed by atoms with Gasteiger partial charge in [-0.05, 0) is 12.5 Å².